The van der Waals surface area contributed by atoms with Gasteiger partial charge < -0.3 is 0 Å². The van der Waals surface area contributed by atoms with Gasteiger partial charge in [0.1, 0.15) is 0 Å². The minimum Gasteiger partial charge on any atom is -0.208 e. The molecule has 9 rings (SSSR count). The zero-order valence-electron chi connectivity index (χ0n) is 23.6. The molecule has 1 aromatic heterocycles. The minimum atomic E-state index is 0.361. The van der Waals surface area contributed by atoms with Crippen molar-refractivity contribution in [3.05, 3.63) is 114 Å². The molecule has 4 aliphatic carbocycles. The van der Waals surface area contributed by atoms with Gasteiger partial charge in [0.2, 0.25) is 0 Å². The molecule has 1 heterocycles. The number of rotatable bonds is 5. The fraction of sp³-hybridized carbons (Fsp3) is 0.263. The average molecular weight is 545 g/mol. The van der Waals surface area contributed by atoms with Crippen molar-refractivity contribution in [1.82, 2.24) is 15.0 Å². The summed E-state index contributed by atoms with van der Waals surface area (Å²) in [7, 11) is 0. The highest BCUT2D eigenvalue weighted by Crippen LogP contribution is 2.60. The monoisotopic (exact) mass is 544 g/mol. The maximum absolute atomic E-state index is 10.0. The van der Waals surface area contributed by atoms with E-state index in [2.05, 4.69) is 36.4 Å². The third-order valence-corrected chi connectivity index (χ3v) is 9.94. The van der Waals surface area contributed by atoms with Crippen LogP contribution < -0.4 is 0 Å². The van der Waals surface area contributed by atoms with Crippen molar-refractivity contribution >= 4 is 0 Å². The Balaban J connectivity index is 1.19. The van der Waals surface area contributed by atoms with E-state index in [1.54, 1.807) is 0 Å². The number of hydrogen-bond acceptors (Lipinski definition) is 4. The molecule has 0 atom stereocenters. The first kappa shape index (κ1) is 25.1. The maximum Gasteiger partial charge on any atom is 0.164 e. The van der Waals surface area contributed by atoms with Crippen molar-refractivity contribution < 1.29 is 0 Å². The van der Waals surface area contributed by atoms with Gasteiger partial charge in [0.05, 0.1) is 11.6 Å². The van der Waals surface area contributed by atoms with Crippen LogP contribution in [0.2, 0.25) is 0 Å². The first-order chi connectivity index (χ1) is 20.7. The van der Waals surface area contributed by atoms with Gasteiger partial charge in [-0.3, -0.25) is 0 Å². The van der Waals surface area contributed by atoms with Crippen LogP contribution in [0.3, 0.4) is 0 Å². The summed E-state index contributed by atoms with van der Waals surface area (Å²) in [6, 6.07) is 37.5. The Morgan fingerprint density at radius 2 is 1.02 bits per heavy atom. The number of benzene rings is 4. The van der Waals surface area contributed by atoms with E-state index < -0.39 is 0 Å². The van der Waals surface area contributed by atoms with Gasteiger partial charge in [-0.2, -0.15) is 5.26 Å². The lowest BCUT2D eigenvalue weighted by Gasteiger charge is -2.57. The molecule has 4 nitrogen and oxygen atoms in total. The first-order valence-corrected chi connectivity index (χ1v) is 15.2. The third kappa shape index (κ3) is 4.41. The van der Waals surface area contributed by atoms with E-state index >= 15 is 0 Å². The molecule has 0 spiro atoms. The molecule has 5 aromatic rings. The standard InChI is InChI=1S/C38H32N4/c39-24-32-12-11-31(37-41-35(29-7-3-1-4-8-29)40-36(42-37)30-9-5-2-6-10-30)20-34(32)28-13-15-33(16-14-28)38-21-25-17-26(22-38)19-27(18-25)23-38/h1-16,20,25-27H,17-19,21-23H2/t25-,26-,27-,38?. The van der Waals surface area contributed by atoms with Crippen molar-refractivity contribution in [1.29, 1.82) is 5.26 Å². The smallest absolute Gasteiger partial charge is 0.164 e. The van der Waals surface area contributed by atoms with Crippen LogP contribution in [-0.2, 0) is 5.41 Å². The topological polar surface area (TPSA) is 62.5 Å². The highest BCUT2D eigenvalue weighted by molar-refractivity contribution is 5.77. The quantitative estimate of drug-likeness (QED) is 0.222. The van der Waals surface area contributed by atoms with Gasteiger partial charge in [-0.05, 0) is 91.0 Å². The second-order valence-corrected chi connectivity index (χ2v) is 12.7. The average Bonchev–Trinajstić information content (AvgIpc) is 3.04. The summed E-state index contributed by atoms with van der Waals surface area (Å²) < 4.78 is 0. The largest absolute Gasteiger partial charge is 0.208 e. The van der Waals surface area contributed by atoms with Gasteiger partial charge in [-0.15, -0.1) is 0 Å². The lowest BCUT2D eigenvalue weighted by atomic mass is 9.48. The van der Waals surface area contributed by atoms with Crippen molar-refractivity contribution in [2.24, 2.45) is 17.8 Å². The second-order valence-electron chi connectivity index (χ2n) is 12.7. The molecule has 0 saturated heterocycles. The Kier molecular flexibility index (Phi) is 6.00. The summed E-state index contributed by atoms with van der Waals surface area (Å²) in [5.74, 6) is 4.60. The fourth-order valence-electron chi connectivity index (χ4n) is 8.42. The van der Waals surface area contributed by atoms with Gasteiger partial charge in [-0.25, -0.2) is 15.0 Å². The van der Waals surface area contributed by atoms with Crippen LogP contribution in [0, 0.1) is 29.1 Å². The summed E-state index contributed by atoms with van der Waals surface area (Å²) >= 11 is 0. The highest BCUT2D eigenvalue weighted by atomic mass is 15.0. The molecule has 0 N–H and O–H groups in total. The van der Waals surface area contributed by atoms with Crippen molar-refractivity contribution in [2.75, 3.05) is 0 Å². The van der Waals surface area contributed by atoms with Crippen LogP contribution in [0.4, 0.5) is 0 Å². The van der Waals surface area contributed by atoms with Gasteiger partial charge in [-0.1, -0.05) is 84.9 Å². The van der Waals surface area contributed by atoms with Gasteiger partial charge in [0.15, 0.2) is 17.5 Å². The highest BCUT2D eigenvalue weighted by Gasteiger charge is 2.51. The van der Waals surface area contributed by atoms with Crippen LogP contribution in [0.15, 0.2) is 103 Å². The van der Waals surface area contributed by atoms with Gasteiger partial charge >= 0.3 is 0 Å². The minimum absolute atomic E-state index is 0.361. The Morgan fingerprint density at radius 3 is 1.52 bits per heavy atom. The molecule has 4 aromatic carbocycles. The second kappa shape index (κ2) is 10.0. The molecule has 0 amide bonds. The zero-order chi connectivity index (χ0) is 28.1. The summed E-state index contributed by atoms with van der Waals surface area (Å²) in [5, 5.41) is 10.0. The van der Waals surface area contributed by atoms with Crippen LogP contribution in [-0.4, -0.2) is 15.0 Å². The Labute approximate surface area is 247 Å². The predicted molar refractivity (Wildman–Crippen MR) is 166 cm³/mol. The van der Waals surface area contributed by atoms with E-state index in [4.69, 9.17) is 15.0 Å². The molecule has 0 aliphatic heterocycles. The Morgan fingerprint density at radius 1 is 0.548 bits per heavy atom. The van der Waals surface area contributed by atoms with E-state index in [9.17, 15) is 5.26 Å². The molecule has 42 heavy (non-hydrogen) atoms. The Hall–Kier alpha value is -4.62. The lowest BCUT2D eigenvalue weighted by molar-refractivity contribution is -0.00518. The van der Waals surface area contributed by atoms with E-state index in [0.29, 0.717) is 28.5 Å². The van der Waals surface area contributed by atoms with Crippen molar-refractivity contribution in [2.45, 2.75) is 43.9 Å². The predicted octanol–water partition coefficient (Wildman–Crippen LogP) is 8.88. The third-order valence-electron chi connectivity index (χ3n) is 9.94. The molecular formula is C38H32N4. The summed E-state index contributed by atoms with van der Waals surface area (Å²) in [6.45, 7) is 0. The van der Waals surface area contributed by atoms with E-state index in [0.717, 1.165) is 45.6 Å². The van der Waals surface area contributed by atoms with Crippen molar-refractivity contribution in [3.8, 4) is 51.4 Å². The first-order valence-electron chi connectivity index (χ1n) is 15.2. The van der Waals surface area contributed by atoms with E-state index in [1.165, 1.54) is 44.1 Å². The van der Waals surface area contributed by atoms with E-state index in [1.807, 2.05) is 72.8 Å². The maximum atomic E-state index is 10.0. The molecule has 4 fully saturated rings. The molecule has 0 unspecified atom stereocenters. The van der Waals surface area contributed by atoms with Crippen molar-refractivity contribution in [3.63, 3.8) is 0 Å². The molecule has 4 aliphatic rings. The lowest BCUT2D eigenvalue weighted by Crippen LogP contribution is -2.48. The summed E-state index contributed by atoms with van der Waals surface area (Å²) in [4.78, 5) is 14.6. The van der Waals surface area contributed by atoms with Crippen LogP contribution in [0.1, 0.15) is 49.7 Å². The van der Waals surface area contributed by atoms with Crippen LogP contribution in [0.5, 0.6) is 0 Å². The number of hydrogen-bond donors (Lipinski definition) is 0. The van der Waals surface area contributed by atoms with E-state index in [-0.39, 0.29) is 0 Å². The molecular weight excluding hydrogens is 512 g/mol. The zero-order valence-corrected chi connectivity index (χ0v) is 23.6. The molecule has 4 saturated carbocycles. The Bertz CT molecular complexity index is 1710. The fourth-order valence-corrected chi connectivity index (χ4v) is 8.42. The molecule has 4 bridgehead atoms. The molecule has 4 heteroatoms. The summed E-state index contributed by atoms with van der Waals surface area (Å²) in [6.07, 6.45) is 8.40. The number of nitriles is 1. The van der Waals surface area contributed by atoms with Gasteiger partial charge in [0.25, 0.3) is 0 Å². The number of nitrogens with zero attached hydrogens (tertiary/aromatic N) is 4. The molecule has 204 valence electrons. The van der Waals surface area contributed by atoms with Gasteiger partial charge in [0, 0.05) is 22.3 Å². The normalized spacial score (nSPS) is 23.9. The SMILES string of the molecule is N#Cc1ccc(-c2nc(-c3ccccc3)nc(-c3ccccc3)n2)cc1-c1ccc(C23C[C@H]4C[C@H](C2)C[C@@H](C3)C4)cc1. The summed E-state index contributed by atoms with van der Waals surface area (Å²) in [5.41, 5.74) is 7.22. The number of aromatic nitrogens is 3. The van der Waals surface area contributed by atoms with Crippen LogP contribution >= 0.6 is 0 Å². The molecule has 0 radical (unpaired) electrons. The van der Waals surface area contributed by atoms with Crippen LogP contribution in [0.25, 0.3) is 45.3 Å².